The maximum atomic E-state index is 12.7. The third kappa shape index (κ3) is 3.94. The number of aryl methyl sites for hydroxylation is 1. The molecule has 0 N–H and O–H groups in total. The van der Waals surface area contributed by atoms with Crippen molar-refractivity contribution in [3.05, 3.63) is 29.8 Å². The Hall–Kier alpha value is -1.49. The van der Waals surface area contributed by atoms with Crippen molar-refractivity contribution < 1.29 is 9.59 Å². The molecule has 3 rings (SSSR count). The van der Waals surface area contributed by atoms with Gasteiger partial charge in [-0.25, -0.2) is 0 Å². The van der Waals surface area contributed by atoms with Gasteiger partial charge in [-0.05, 0) is 38.8 Å². The average Bonchev–Trinajstić information content (AvgIpc) is 2.98. The van der Waals surface area contributed by atoms with Crippen LogP contribution < -0.4 is 0 Å². The standard InChI is InChI=1S/C19H26N2O2S/c1-3-20-13-15(12-18(20)22)19(23)21-10-8-17(9-11-21)24-16-6-4-14(2)5-7-16/h4-7,15,17H,3,8-13H2,1-2H3/t15-/m1/s1. The molecule has 1 atom stereocenters. The topological polar surface area (TPSA) is 40.6 Å². The molecule has 0 saturated carbocycles. The number of nitrogens with zero attached hydrogens (tertiary/aromatic N) is 2. The highest BCUT2D eigenvalue weighted by molar-refractivity contribution is 8.00. The number of hydrogen-bond acceptors (Lipinski definition) is 3. The van der Waals surface area contributed by atoms with Gasteiger partial charge in [0.2, 0.25) is 11.8 Å². The van der Waals surface area contributed by atoms with Crippen molar-refractivity contribution in [3.8, 4) is 0 Å². The zero-order valence-corrected chi connectivity index (χ0v) is 15.3. The van der Waals surface area contributed by atoms with Gasteiger partial charge in [-0.2, -0.15) is 0 Å². The molecule has 130 valence electrons. The summed E-state index contributed by atoms with van der Waals surface area (Å²) >= 11 is 1.92. The Morgan fingerprint density at radius 1 is 1.21 bits per heavy atom. The molecule has 2 amide bonds. The second-order valence-corrected chi connectivity index (χ2v) is 8.16. The summed E-state index contributed by atoms with van der Waals surface area (Å²) in [5.41, 5.74) is 1.28. The number of amides is 2. The van der Waals surface area contributed by atoms with E-state index in [2.05, 4.69) is 31.2 Å². The Morgan fingerprint density at radius 2 is 1.88 bits per heavy atom. The third-order valence-electron chi connectivity index (χ3n) is 5.02. The van der Waals surface area contributed by atoms with E-state index in [1.54, 1.807) is 4.90 Å². The van der Waals surface area contributed by atoms with Crippen LogP contribution in [0, 0.1) is 12.8 Å². The van der Waals surface area contributed by atoms with Crippen LogP contribution in [-0.4, -0.2) is 53.0 Å². The molecule has 4 nitrogen and oxygen atoms in total. The minimum absolute atomic E-state index is 0.126. The predicted molar refractivity (Wildman–Crippen MR) is 97.0 cm³/mol. The lowest BCUT2D eigenvalue weighted by Crippen LogP contribution is -2.43. The molecular formula is C19H26N2O2S. The fourth-order valence-corrected chi connectivity index (χ4v) is 4.63. The number of thioether (sulfide) groups is 1. The highest BCUT2D eigenvalue weighted by Gasteiger charge is 2.36. The minimum atomic E-state index is -0.126. The number of likely N-dealkylation sites (tertiary alicyclic amines) is 2. The van der Waals surface area contributed by atoms with E-state index in [4.69, 9.17) is 0 Å². The molecule has 1 aromatic carbocycles. The first-order chi connectivity index (χ1) is 11.6. The molecule has 2 heterocycles. The summed E-state index contributed by atoms with van der Waals surface area (Å²) in [6.45, 7) is 7.02. The molecule has 0 radical (unpaired) electrons. The molecule has 5 heteroatoms. The number of hydrogen-bond donors (Lipinski definition) is 0. The lowest BCUT2D eigenvalue weighted by Gasteiger charge is -2.33. The van der Waals surface area contributed by atoms with Gasteiger partial charge in [-0.3, -0.25) is 9.59 Å². The maximum Gasteiger partial charge on any atom is 0.227 e. The van der Waals surface area contributed by atoms with Gasteiger partial charge in [0.05, 0.1) is 5.92 Å². The maximum absolute atomic E-state index is 12.7. The van der Waals surface area contributed by atoms with Crippen LogP contribution in [-0.2, 0) is 9.59 Å². The van der Waals surface area contributed by atoms with Crippen molar-refractivity contribution in [2.45, 2.75) is 43.3 Å². The van der Waals surface area contributed by atoms with Crippen molar-refractivity contribution in [2.24, 2.45) is 5.92 Å². The lowest BCUT2D eigenvalue weighted by atomic mass is 10.0. The molecule has 2 aliphatic rings. The van der Waals surface area contributed by atoms with Crippen molar-refractivity contribution in [2.75, 3.05) is 26.2 Å². The Morgan fingerprint density at radius 3 is 2.46 bits per heavy atom. The molecule has 0 bridgehead atoms. The Balaban J connectivity index is 1.49. The first-order valence-electron chi connectivity index (χ1n) is 8.86. The highest BCUT2D eigenvalue weighted by Crippen LogP contribution is 2.31. The monoisotopic (exact) mass is 346 g/mol. The Bertz CT molecular complexity index is 594. The van der Waals surface area contributed by atoms with Gasteiger partial charge in [0, 0.05) is 42.7 Å². The van der Waals surface area contributed by atoms with Gasteiger partial charge in [-0.15, -0.1) is 11.8 Å². The molecular weight excluding hydrogens is 320 g/mol. The molecule has 0 aromatic heterocycles. The minimum Gasteiger partial charge on any atom is -0.342 e. The summed E-state index contributed by atoms with van der Waals surface area (Å²) in [5, 5.41) is 0.578. The molecule has 2 aliphatic heterocycles. The van der Waals surface area contributed by atoms with Gasteiger partial charge >= 0.3 is 0 Å². The van der Waals surface area contributed by atoms with Crippen molar-refractivity contribution in [1.29, 1.82) is 0 Å². The Labute approximate surface area is 148 Å². The van der Waals surface area contributed by atoms with Gasteiger partial charge in [0.1, 0.15) is 0 Å². The highest BCUT2D eigenvalue weighted by atomic mass is 32.2. The second kappa shape index (κ2) is 7.60. The van der Waals surface area contributed by atoms with Crippen molar-refractivity contribution in [3.63, 3.8) is 0 Å². The quantitative estimate of drug-likeness (QED) is 0.842. The SMILES string of the molecule is CCN1C[C@H](C(=O)N2CCC(Sc3ccc(C)cc3)CC2)CC1=O. The van der Waals surface area contributed by atoms with E-state index in [0.717, 1.165) is 25.9 Å². The van der Waals surface area contributed by atoms with Gasteiger partial charge in [0.25, 0.3) is 0 Å². The molecule has 0 unspecified atom stereocenters. The van der Waals surface area contributed by atoms with E-state index in [0.29, 0.717) is 24.8 Å². The van der Waals surface area contributed by atoms with Gasteiger partial charge < -0.3 is 9.80 Å². The average molecular weight is 346 g/mol. The van der Waals surface area contributed by atoms with Gasteiger partial charge in [-0.1, -0.05) is 17.7 Å². The van der Waals surface area contributed by atoms with E-state index in [1.807, 2.05) is 23.6 Å². The summed E-state index contributed by atoms with van der Waals surface area (Å²) in [6.07, 6.45) is 2.45. The lowest BCUT2D eigenvalue weighted by molar-refractivity contribution is -0.136. The van der Waals surface area contributed by atoms with Crippen LogP contribution in [0.25, 0.3) is 0 Å². The third-order valence-corrected chi connectivity index (χ3v) is 6.37. The van der Waals surface area contributed by atoms with Crippen LogP contribution >= 0.6 is 11.8 Å². The van der Waals surface area contributed by atoms with Crippen LogP contribution in [0.15, 0.2) is 29.2 Å². The van der Waals surface area contributed by atoms with Crippen molar-refractivity contribution >= 4 is 23.6 Å². The van der Waals surface area contributed by atoms with E-state index >= 15 is 0 Å². The van der Waals surface area contributed by atoms with E-state index in [-0.39, 0.29) is 17.7 Å². The smallest absolute Gasteiger partial charge is 0.227 e. The predicted octanol–water partition coefficient (Wildman–Crippen LogP) is 2.95. The molecule has 2 fully saturated rings. The number of carbonyl (C=O) groups is 2. The van der Waals surface area contributed by atoms with Crippen LogP contribution in [0.3, 0.4) is 0 Å². The van der Waals surface area contributed by atoms with Crippen LogP contribution in [0.5, 0.6) is 0 Å². The summed E-state index contributed by atoms with van der Waals surface area (Å²) in [6, 6.07) is 8.66. The summed E-state index contributed by atoms with van der Waals surface area (Å²) in [7, 11) is 0. The van der Waals surface area contributed by atoms with Gasteiger partial charge in [0.15, 0.2) is 0 Å². The number of benzene rings is 1. The molecule has 0 aliphatic carbocycles. The summed E-state index contributed by atoms with van der Waals surface area (Å²) in [4.78, 5) is 29.6. The summed E-state index contributed by atoms with van der Waals surface area (Å²) < 4.78 is 0. The Kier molecular flexibility index (Phi) is 5.49. The zero-order valence-electron chi connectivity index (χ0n) is 14.5. The summed E-state index contributed by atoms with van der Waals surface area (Å²) in [5.74, 6) is 0.178. The van der Waals surface area contributed by atoms with E-state index in [1.165, 1.54) is 10.5 Å². The molecule has 24 heavy (non-hydrogen) atoms. The van der Waals surface area contributed by atoms with Crippen LogP contribution in [0.1, 0.15) is 31.7 Å². The molecule has 2 saturated heterocycles. The number of rotatable bonds is 4. The number of piperidine rings is 1. The fourth-order valence-electron chi connectivity index (χ4n) is 3.50. The zero-order chi connectivity index (χ0) is 17.1. The first kappa shape index (κ1) is 17.3. The fraction of sp³-hybridized carbons (Fsp3) is 0.579. The first-order valence-corrected chi connectivity index (χ1v) is 9.74. The van der Waals surface area contributed by atoms with E-state index in [9.17, 15) is 9.59 Å². The van der Waals surface area contributed by atoms with Crippen molar-refractivity contribution in [1.82, 2.24) is 9.80 Å². The number of carbonyl (C=O) groups excluding carboxylic acids is 2. The van der Waals surface area contributed by atoms with Crippen LogP contribution in [0.2, 0.25) is 0 Å². The normalized spacial score (nSPS) is 22.2. The molecule has 0 spiro atoms. The molecule has 1 aromatic rings. The van der Waals surface area contributed by atoms with Crippen LogP contribution in [0.4, 0.5) is 0 Å². The second-order valence-electron chi connectivity index (χ2n) is 6.79. The van der Waals surface area contributed by atoms with E-state index < -0.39 is 0 Å². The largest absolute Gasteiger partial charge is 0.342 e.